The molecule has 0 bridgehead atoms. The summed E-state index contributed by atoms with van der Waals surface area (Å²) < 4.78 is 0. The maximum absolute atomic E-state index is 10.9. The standard InChI is InChI=1S/C38H62O2S/c1-11-12-13-14-15-16-17-18-19-20-21-41-29(4)24-32(30-25-33(37(5,6)7)35(39)22-27(30)2)31-26-34(38(8,9)10)36(40)23-28(31)3/h22-23,25-26,29,32,39-40H,11-21,24H2,1-10H3. The van der Waals surface area contributed by atoms with Gasteiger partial charge in [0.15, 0.2) is 0 Å². The van der Waals surface area contributed by atoms with Gasteiger partial charge in [-0.2, -0.15) is 11.8 Å². The second kappa shape index (κ2) is 16.3. The van der Waals surface area contributed by atoms with Gasteiger partial charge in [0, 0.05) is 11.2 Å². The molecule has 2 aromatic rings. The third-order valence-corrected chi connectivity index (χ3v) is 9.89. The van der Waals surface area contributed by atoms with Crippen molar-refractivity contribution in [1.29, 1.82) is 0 Å². The Morgan fingerprint density at radius 2 is 1.02 bits per heavy atom. The Morgan fingerprint density at radius 3 is 1.41 bits per heavy atom. The van der Waals surface area contributed by atoms with Gasteiger partial charge in [-0.15, -0.1) is 0 Å². The minimum Gasteiger partial charge on any atom is -0.508 e. The van der Waals surface area contributed by atoms with Gasteiger partial charge in [0.1, 0.15) is 11.5 Å². The third kappa shape index (κ3) is 11.2. The number of unbranched alkanes of at least 4 members (excludes halogenated alkanes) is 9. The fourth-order valence-corrected chi connectivity index (χ4v) is 7.17. The molecule has 0 fully saturated rings. The van der Waals surface area contributed by atoms with E-state index in [0.29, 0.717) is 16.7 Å². The molecular formula is C38H62O2S. The molecule has 0 amide bonds. The van der Waals surface area contributed by atoms with E-state index in [1.165, 1.54) is 81.1 Å². The van der Waals surface area contributed by atoms with Crippen LogP contribution in [0.1, 0.15) is 165 Å². The molecule has 41 heavy (non-hydrogen) atoms. The summed E-state index contributed by atoms with van der Waals surface area (Å²) in [6.07, 6.45) is 14.8. The van der Waals surface area contributed by atoms with Gasteiger partial charge in [-0.1, -0.05) is 125 Å². The van der Waals surface area contributed by atoms with Crippen LogP contribution in [0.25, 0.3) is 0 Å². The number of phenols is 2. The summed E-state index contributed by atoms with van der Waals surface area (Å²) in [5.41, 5.74) is 6.58. The van der Waals surface area contributed by atoms with Gasteiger partial charge in [-0.05, 0) is 88.8 Å². The SMILES string of the molecule is CCCCCCCCCCCCSC(C)CC(c1cc(C(C)(C)C)c(O)cc1C)c1cc(C(C)(C)C)c(O)cc1C. The lowest BCUT2D eigenvalue weighted by atomic mass is 9.76. The van der Waals surface area contributed by atoms with Crippen LogP contribution in [0.3, 0.4) is 0 Å². The molecule has 0 aromatic heterocycles. The molecule has 1 atom stereocenters. The molecular weight excluding hydrogens is 520 g/mol. The van der Waals surface area contributed by atoms with Crippen LogP contribution in [0, 0.1) is 13.8 Å². The highest BCUT2D eigenvalue weighted by Gasteiger charge is 2.28. The molecule has 2 nitrogen and oxygen atoms in total. The van der Waals surface area contributed by atoms with Gasteiger partial charge >= 0.3 is 0 Å². The number of thioether (sulfide) groups is 1. The fraction of sp³-hybridized carbons (Fsp3) is 0.684. The van der Waals surface area contributed by atoms with Crippen molar-refractivity contribution in [3.8, 4) is 11.5 Å². The van der Waals surface area contributed by atoms with E-state index in [4.69, 9.17) is 0 Å². The van der Waals surface area contributed by atoms with E-state index >= 15 is 0 Å². The predicted octanol–water partition coefficient (Wildman–Crippen LogP) is 11.9. The first-order valence-electron chi connectivity index (χ1n) is 16.5. The molecule has 0 heterocycles. The third-order valence-electron chi connectivity index (χ3n) is 8.60. The van der Waals surface area contributed by atoms with Crippen LogP contribution in [-0.4, -0.2) is 21.2 Å². The first-order valence-corrected chi connectivity index (χ1v) is 17.5. The fourth-order valence-electron chi connectivity index (χ4n) is 6.07. The molecule has 232 valence electrons. The van der Waals surface area contributed by atoms with E-state index in [1.54, 1.807) is 0 Å². The zero-order valence-corrected chi connectivity index (χ0v) is 29.1. The molecule has 2 rings (SSSR count). The Bertz CT molecular complexity index is 1000. The molecule has 1 unspecified atom stereocenters. The summed E-state index contributed by atoms with van der Waals surface area (Å²) in [4.78, 5) is 0. The molecule has 0 spiro atoms. The highest BCUT2D eigenvalue weighted by molar-refractivity contribution is 7.99. The van der Waals surface area contributed by atoms with E-state index in [9.17, 15) is 10.2 Å². The zero-order chi connectivity index (χ0) is 30.8. The van der Waals surface area contributed by atoms with E-state index < -0.39 is 0 Å². The monoisotopic (exact) mass is 582 g/mol. The molecule has 0 saturated carbocycles. The van der Waals surface area contributed by atoms with Gasteiger partial charge in [-0.25, -0.2) is 0 Å². The lowest BCUT2D eigenvalue weighted by Gasteiger charge is -2.30. The second-order valence-corrected chi connectivity index (χ2v) is 16.1. The highest BCUT2D eigenvalue weighted by atomic mass is 32.2. The van der Waals surface area contributed by atoms with Gasteiger partial charge in [0.2, 0.25) is 0 Å². The van der Waals surface area contributed by atoms with Crippen molar-refractivity contribution in [2.75, 3.05) is 5.75 Å². The summed E-state index contributed by atoms with van der Waals surface area (Å²) in [6, 6.07) is 8.45. The Kier molecular flexibility index (Phi) is 14.1. The predicted molar refractivity (Wildman–Crippen MR) is 183 cm³/mol. The van der Waals surface area contributed by atoms with Crippen molar-refractivity contribution in [2.45, 2.75) is 162 Å². The lowest BCUT2D eigenvalue weighted by Crippen LogP contribution is -2.17. The van der Waals surface area contributed by atoms with Gasteiger partial charge in [0.25, 0.3) is 0 Å². The van der Waals surface area contributed by atoms with Gasteiger partial charge < -0.3 is 10.2 Å². The van der Waals surface area contributed by atoms with Crippen LogP contribution in [0.2, 0.25) is 0 Å². The van der Waals surface area contributed by atoms with Crippen LogP contribution >= 0.6 is 11.8 Å². The summed E-state index contributed by atoms with van der Waals surface area (Å²) in [6.45, 7) is 22.0. The maximum atomic E-state index is 10.9. The first-order chi connectivity index (χ1) is 19.2. The first kappa shape index (κ1) is 35.6. The van der Waals surface area contributed by atoms with Crippen molar-refractivity contribution in [3.63, 3.8) is 0 Å². The van der Waals surface area contributed by atoms with Crippen LogP contribution in [0.4, 0.5) is 0 Å². The molecule has 0 radical (unpaired) electrons. The Morgan fingerprint density at radius 1 is 0.634 bits per heavy atom. The maximum Gasteiger partial charge on any atom is 0.119 e. The normalized spacial score (nSPS) is 13.2. The van der Waals surface area contributed by atoms with E-state index in [2.05, 4.69) is 93.1 Å². The van der Waals surface area contributed by atoms with E-state index in [1.807, 2.05) is 12.1 Å². The topological polar surface area (TPSA) is 40.5 Å². The second-order valence-electron chi connectivity index (χ2n) is 14.6. The summed E-state index contributed by atoms with van der Waals surface area (Å²) in [5, 5.41) is 22.2. The molecule has 0 aliphatic heterocycles. The van der Waals surface area contributed by atoms with Gasteiger partial charge in [0.05, 0.1) is 0 Å². The molecule has 2 aromatic carbocycles. The minimum absolute atomic E-state index is 0.145. The average Bonchev–Trinajstić information content (AvgIpc) is 2.85. The smallest absolute Gasteiger partial charge is 0.119 e. The number of hydrogen-bond acceptors (Lipinski definition) is 3. The number of phenolic OH excluding ortho intramolecular Hbond substituents is 2. The van der Waals surface area contributed by atoms with Crippen molar-refractivity contribution < 1.29 is 10.2 Å². The highest BCUT2D eigenvalue weighted by Crippen LogP contribution is 2.43. The summed E-state index contributed by atoms with van der Waals surface area (Å²) in [7, 11) is 0. The molecule has 0 saturated heterocycles. The summed E-state index contributed by atoms with van der Waals surface area (Å²) >= 11 is 2.11. The Hall–Kier alpha value is -1.61. The van der Waals surface area contributed by atoms with Crippen LogP contribution in [-0.2, 0) is 10.8 Å². The average molecular weight is 583 g/mol. The van der Waals surface area contributed by atoms with Crippen LogP contribution in [0.5, 0.6) is 11.5 Å². The summed E-state index contributed by atoms with van der Waals surface area (Å²) in [5.74, 6) is 2.19. The van der Waals surface area contributed by atoms with Crippen molar-refractivity contribution >= 4 is 11.8 Å². The van der Waals surface area contributed by atoms with Gasteiger partial charge in [-0.3, -0.25) is 0 Å². The van der Waals surface area contributed by atoms with Crippen molar-refractivity contribution in [3.05, 3.63) is 57.6 Å². The number of aryl methyl sites for hydroxylation is 2. The van der Waals surface area contributed by atoms with E-state index in [0.717, 1.165) is 28.7 Å². The Labute approximate surface area is 258 Å². The Balaban J connectivity index is 2.20. The number of rotatable bonds is 16. The molecule has 0 aliphatic carbocycles. The number of aromatic hydroxyl groups is 2. The molecule has 3 heteroatoms. The van der Waals surface area contributed by atoms with Crippen molar-refractivity contribution in [2.24, 2.45) is 0 Å². The minimum atomic E-state index is -0.145. The molecule has 2 N–H and O–H groups in total. The molecule has 0 aliphatic rings. The quantitative estimate of drug-likeness (QED) is 0.193. The number of hydrogen-bond donors (Lipinski definition) is 2. The largest absolute Gasteiger partial charge is 0.508 e. The van der Waals surface area contributed by atoms with Crippen LogP contribution in [0.15, 0.2) is 24.3 Å². The van der Waals surface area contributed by atoms with E-state index in [-0.39, 0.29) is 16.7 Å². The zero-order valence-electron chi connectivity index (χ0n) is 28.3. The number of benzene rings is 2. The van der Waals surface area contributed by atoms with Crippen LogP contribution < -0.4 is 0 Å². The van der Waals surface area contributed by atoms with Crippen molar-refractivity contribution in [1.82, 2.24) is 0 Å². The lowest BCUT2D eigenvalue weighted by molar-refractivity contribution is 0.445.